The van der Waals surface area contributed by atoms with E-state index in [2.05, 4.69) is 49.7 Å². The SMILES string of the molecule is CC(=O)Cl.CCc1ccccc1CC. The molecular weight excluding hydrogens is 196 g/mol. The van der Waals surface area contributed by atoms with Crippen molar-refractivity contribution in [2.75, 3.05) is 0 Å². The maximum Gasteiger partial charge on any atom is 0.218 e. The molecule has 0 unspecified atom stereocenters. The Morgan fingerprint density at radius 2 is 1.43 bits per heavy atom. The molecule has 1 aromatic rings. The van der Waals surface area contributed by atoms with E-state index in [1.54, 1.807) is 0 Å². The second kappa shape index (κ2) is 7.57. The third kappa shape index (κ3) is 5.76. The zero-order valence-electron chi connectivity index (χ0n) is 9.01. The average Bonchev–Trinajstić information content (AvgIpc) is 2.17. The fourth-order valence-corrected chi connectivity index (χ4v) is 1.25. The third-order valence-electron chi connectivity index (χ3n) is 1.88. The highest BCUT2D eigenvalue weighted by Gasteiger charge is 1.93. The Bertz CT molecular complexity index is 254. The molecule has 14 heavy (non-hydrogen) atoms. The van der Waals surface area contributed by atoms with Gasteiger partial charge in [-0.25, -0.2) is 0 Å². The fraction of sp³-hybridized carbons (Fsp3) is 0.417. The van der Waals surface area contributed by atoms with Crippen molar-refractivity contribution in [3.05, 3.63) is 35.4 Å². The van der Waals surface area contributed by atoms with Crippen LogP contribution in [0.3, 0.4) is 0 Å². The van der Waals surface area contributed by atoms with Crippen LogP contribution in [-0.2, 0) is 17.6 Å². The Morgan fingerprint density at radius 3 is 1.64 bits per heavy atom. The minimum Gasteiger partial charge on any atom is -0.282 e. The van der Waals surface area contributed by atoms with Crippen LogP contribution in [-0.4, -0.2) is 5.24 Å². The largest absolute Gasteiger partial charge is 0.282 e. The van der Waals surface area contributed by atoms with Crippen molar-refractivity contribution in [3.63, 3.8) is 0 Å². The van der Waals surface area contributed by atoms with Gasteiger partial charge >= 0.3 is 0 Å². The number of aryl methyl sites for hydroxylation is 2. The van der Waals surface area contributed by atoms with E-state index in [4.69, 9.17) is 0 Å². The number of carbonyl (C=O) groups is 1. The quantitative estimate of drug-likeness (QED) is 0.685. The first-order chi connectivity index (χ1) is 6.61. The first-order valence-corrected chi connectivity index (χ1v) is 5.22. The predicted octanol–water partition coefficient (Wildman–Crippen LogP) is 3.58. The molecular formula is C12H17ClO. The van der Waals surface area contributed by atoms with Crippen molar-refractivity contribution in [1.82, 2.24) is 0 Å². The number of carbonyl (C=O) groups excluding carboxylic acids is 1. The highest BCUT2D eigenvalue weighted by atomic mass is 35.5. The normalized spacial score (nSPS) is 8.86. The molecule has 0 saturated carbocycles. The summed E-state index contributed by atoms with van der Waals surface area (Å²) in [5.74, 6) is 0. The standard InChI is InChI=1S/C10H14.C2H3ClO/c1-3-9-7-5-6-8-10(9)4-2;1-2(3)4/h5-8H,3-4H2,1-2H3;1H3. The molecule has 78 valence electrons. The molecule has 0 aliphatic carbocycles. The Kier molecular flexibility index (Phi) is 7.13. The highest BCUT2D eigenvalue weighted by molar-refractivity contribution is 6.62. The second-order valence-electron chi connectivity index (χ2n) is 2.95. The van der Waals surface area contributed by atoms with Crippen LogP contribution in [0.4, 0.5) is 0 Å². The molecule has 0 aliphatic rings. The molecule has 0 heterocycles. The molecule has 0 aromatic heterocycles. The van der Waals surface area contributed by atoms with Crippen molar-refractivity contribution in [3.8, 4) is 0 Å². The number of rotatable bonds is 2. The van der Waals surface area contributed by atoms with E-state index in [-0.39, 0.29) is 5.24 Å². The zero-order valence-corrected chi connectivity index (χ0v) is 9.77. The summed E-state index contributed by atoms with van der Waals surface area (Å²) < 4.78 is 0. The smallest absolute Gasteiger partial charge is 0.218 e. The van der Waals surface area contributed by atoms with Crippen LogP contribution in [0, 0.1) is 0 Å². The van der Waals surface area contributed by atoms with Crippen molar-refractivity contribution < 1.29 is 4.79 Å². The molecule has 0 N–H and O–H groups in total. The van der Waals surface area contributed by atoms with Gasteiger partial charge in [0.05, 0.1) is 0 Å². The van der Waals surface area contributed by atoms with E-state index in [0.717, 1.165) is 12.8 Å². The average molecular weight is 213 g/mol. The van der Waals surface area contributed by atoms with Gasteiger partial charge in [-0.1, -0.05) is 38.1 Å². The summed E-state index contributed by atoms with van der Waals surface area (Å²) in [4.78, 5) is 9.21. The number of hydrogen-bond acceptors (Lipinski definition) is 1. The summed E-state index contributed by atoms with van der Waals surface area (Å²) >= 11 is 4.64. The van der Waals surface area contributed by atoms with E-state index in [1.165, 1.54) is 18.1 Å². The summed E-state index contributed by atoms with van der Waals surface area (Å²) in [5, 5.41) is -0.361. The maximum atomic E-state index is 9.21. The maximum absolute atomic E-state index is 9.21. The van der Waals surface area contributed by atoms with Crippen molar-refractivity contribution in [1.29, 1.82) is 0 Å². The van der Waals surface area contributed by atoms with Crippen molar-refractivity contribution in [2.45, 2.75) is 33.6 Å². The van der Waals surface area contributed by atoms with Crippen LogP contribution < -0.4 is 0 Å². The van der Waals surface area contributed by atoms with Crippen LogP contribution in [0.1, 0.15) is 31.9 Å². The molecule has 1 rings (SSSR count). The van der Waals surface area contributed by atoms with E-state index in [0.29, 0.717) is 0 Å². The van der Waals surface area contributed by atoms with Gasteiger partial charge in [-0.05, 0) is 35.6 Å². The molecule has 0 radical (unpaired) electrons. The van der Waals surface area contributed by atoms with E-state index in [1.807, 2.05) is 0 Å². The van der Waals surface area contributed by atoms with Crippen LogP contribution in [0.2, 0.25) is 0 Å². The topological polar surface area (TPSA) is 17.1 Å². The lowest BCUT2D eigenvalue weighted by atomic mass is 10.0. The van der Waals surface area contributed by atoms with Crippen LogP contribution in [0.15, 0.2) is 24.3 Å². The van der Waals surface area contributed by atoms with E-state index >= 15 is 0 Å². The minimum absolute atomic E-state index is 0.361. The molecule has 1 aromatic carbocycles. The lowest BCUT2D eigenvalue weighted by Gasteiger charge is -2.02. The fourth-order valence-electron chi connectivity index (χ4n) is 1.25. The molecule has 0 amide bonds. The summed E-state index contributed by atoms with van der Waals surface area (Å²) in [6.07, 6.45) is 2.31. The number of halogens is 1. The van der Waals surface area contributed by atoms with Gasteiger partial charge in [0.15, 0.2) is 0 Å². The van der Waals surface area contributed by atoms with E-state index in [9.17, 15) is 4.79 Å². The van der Waals surface area contributed by atoms with Crippen LogP contribution in [0.25, 0.3) is 0 Å². The number of hydrogen-bond donors (Lipinski definition) is 0. The molecule has 1 nitrogen and oxygen atoms in total. The Hall–Kier alpha value is -0.820. The predicted molar refractivity (Wildman–Crippen MR) is 61.7 cm³/mol. The first kappa shape index (κ1) is 13.2. The molecule has 2 heteroatoms. The van der Waals surface area contributed by atoms with E-state index < -0.39 is 0 Å². The molecule has 0 fully saturated rings. The Labute approximate surface area is 91.1 Å². The molecule has 0 aliphatic heterocycles. The lowest BCUT2D eigenvalue weighted by molar-refractivity contribution is -0.109. The monoisotopic (exact) mass is 212 g/mol. The molecule has 0 spiro atoms. The summed E-state index contributed by atoms with van der Waals surface area (Å²) in [6.45, 7) is 5.70. The minimum atomic E-state index is -0.361. The van der Waals surface area contributed by atoms with Crippen LogP contribution >= 0.6 is 11.6 Å². The first-order valence-electron chi connectivity index (χ1n) is 4.84. The third-order valence-corrected chi connectivity index (χ3v) is 1.88. The van der Waals surface area contributed by atoms with Crippen LogP contribution in [0.5, 0.6) is 0 Å². The lowest BCUT2D eigenvalue weighted by Crippen LogP contribution is -1.88. The van der Waals surface area contributed by atoms with Gasteiger partial charge in [0.2, 0.25) is 5.24 Å². The number of benzene rings is 1. The van der Waals surface area contributed by atoms with Gasteiger partial charge < -0.3 is 0 Å². The molecule has 0 atom stereocenters. The summed E-state index contributed by atoms with van der Waals surface area (Å²) in [6, 6.07) is 8.63. The van der Waals surface area contributed by atoms with Crippen molar-refractivity contribution >= 4 is 16.8 Å². The zero-order chi connectivity index (χ0) is 11.0. The van der Waals surface area contributed by atoms with Gasteiger partial charge in [-0.3, -0.25) is 4.79 Å². The Morgan fingerprint density at radius 1 is 1.14 bits per heavy atom. The van der Waals surface area contributed by atoms with Gasteiger partial charge in [0.25, 0.3) is 0 Å². The second-order valence-corrected chi connectivity index (χ2v) is 3.48. The molecule has 0 bridgehead atoms. The van der Waals surface area contributed by atoms with Gasteiger partial charge in [0.1, 0.15) is 0 Å². The van der Waals surface area contributed by atoms with Gasteiger partial charge in [0, 0.05) is 6.92 Å². The summed E-state index contributed by atoms with van der Waals surface area (Å²) in [7, 11) is 0. The van der Waals surface area contributed by atoms with Gasteiger partial charge in [-0.15, -0.1) is 0 Å². The Balaban J connectivity index is 0.000000364. The summed E-state index contributed by atoms with van der Waals surface area (Å²) in [5.41, 5.74) is 2.98. The molecule has 0 saturated heterocycles. The van der Waals surface area contributed by atoms with Crippen molar-refractivity contribution in [2.24, 2.45) is 0 Å². The van der Waals surface area contributed by atoms with Gasteiger partial charge in [-0.2, -0.15) is 0 Å². The highest BCUT2D eigenvalue weighted by Crippen LogP contribution is 2.08.